The van der Waals surface area contributed by atoms with Gasteiger partial charge in [0.2, 0.25) is 10.0 Å². The van der Waals surface area contributed by atoms with E-state index in [9.17, 15) is 17.6 Å². The Hall–Kier alpha value is -2.55. The molecule has 30 heavy (non-hydrogen) atoms. The third-order valence-electron chi connectivity index (χ3n) is 4.69. The molecule has 1 heterocycles. The first-order chi connectivity index (χ1) is 14.1. The van der Waals surface area contributed by atoms with E-state index in [1.807, 2.05) is 0 Å². The van der Waals surface area contributed by atoms with E-state index in [2.05, 4.69) is 18.9 Å². The van der Waals surface area contributed by atoms with E-state index in [0.717, 1.165) is 6.42 Å². The molecular weight excluding hydrogens is 429 g/mol. The van der Waals surface area contributed by atoms with E-state index < -0.39 is 15.8 Å². The number of hydrogen-bond donors (Lipinski definition) is 1. The second kappa shape index (κ2) is 8.67. The quantitative estimate of drug-likeness (QED) is 0.616. The fourth-order valence-corrected chi connectivity index (χ4v) is 3.73. The third kappa shape index (κ3) is 4.77. The lowest BCUT2D eigenvalue weighted by molar-refractivity contribution is 0.582. The molecule has 3 rings (SSSR count). The molecule has 158 valence electrons. The minimum atomic E-state index is -3.82. The predicted molar refractivity (Wildman–Crippen MR) is 115 cm³/mol. The van der Waals surface area contributed by atoms with E-state index >= 15 is 0 Å². The SMILES string of the molecule is CC(C)CCc1c(-c2ccc(S(N)(=O)=O)cc2)cnn(-c2ccc(F)c(Cl)c2)c1=O. The minimum Gasteiger partial charge on any atom is -0.267 e. The molecular formula is C21H21ClFN3O3S. The smallest absolute Gasteiger partial charge is 0.267 e. The van der Waals surface area contributed by atoms with Crippen molar-refractivity contribution in [3.63, 3.8) is 0 Å². The standard InChI is InChI=1S/C21H21ClFN3O3S/c1-13(2)3-9-17-18(14-4-7-16(8-5-14)30(24,28)29)12-25-26(21(17)27)15-6-10-20(23)19(22)11-15/h4-8,10-13H,3,9H2,1-2H3,(H2,24,28,29). The zero-order valence-electron chi connectivity index (χ0n) is 16.5. The Morgan fingerprint density at radius 1 is 1.17 bits per heavy atom. The third-order valence-corrected chi connectivity index (χ3v) is 5.91. The number of hydrogen-bond acceptors (Lipinski definition) is 4. The molecule has 0 aliphatic heterocycles. The van der Waals surface area contributed by atoms with Crippen LogP contribution in [0.25, 0.3) is 16.8 Å². The molecule has 0 bridgehead atoms. The number of rotatable bonds is 6. The molecule has 6 nitrogen and oxygen atoms in total. The van der Waals surface area contributed by atoms with Gasteiger partial charge in [0.25, 0.3) is 5.56 Å². The summed E-state index contributed by atoms with van der Waals surface area (Å²) in [6.07, 6.45) is 2.81. The Morgan fingerprint density at radius 3 is 2.40 bits per heavy atom. The van der Waals surface area contributed by atoms with Crippen molar-refractivity contribution < 1.29 is 12.8 Å². The molecule has 0 fully saturated rings. The Balaban J connectivity index is 2.14. The van der Waals surface area contributed by atoms with Gasteiger partial charge in [-0.1, -0.05) is 37.6 Å². The van der Waals surface area contributed by atoms with Crippen molar-refractivity contribution in [3.05, 3.63) is 75.4 Å². The summed E-state index contributed by atoms with van der Waals surface area (Å²) >= 11 is 5.86. The van der Waals surface area contributed by atoms with Crippen LogP contribution in [0, 0.1) is 11.7 Å². The van der Waals surface area contributed by atoms with E-state index in [-0.39, 0.29) is 15.5 Å². The van der Waals surface area contributed by atoms with Crippen LogP contribution in [-0.4, -0.2) is 18.2 Å². The summed E-state index contributed by atoms with van der Waals surface area (Å²) in [5, 5.41) is 9.29. The number of primary sulfonamides is 1. The second-order valence-corrected chi connectivity index (χ2v) is 9.32. The highest BCUT2D eigenvalue weighted by atomic mass is 35.5. The maximum Gasteiger partial charge on any atom is 0.275 e. The maximum absolute atomic E-state index is 13.5. The van der Waals surface area contributed by atoms with Crippen molar-refractivity contribution in [2.45, 2.75) is 31.6 Å². The lowest BCUT2D eigenvalue weighted by Crippen LogP contribution is -2.26. The molecule has 3 aromatic rings. The Bertz CT molecular complexity index is 1240. The molecule has 0 aliphatic rings. The van der Waals surface area contributed by atoms with E-state index in [4.69, 9.17) is 16.7 Å². The predicted octanol–water partition coefficient (Wildman–Crippen LogP) is 3.93. The van der Waals surface area contributed by atoms with Crippen LogP contribution in [0.3, 0.4) is 0 Å². The normalized spacial score (nSPS) is 11.8. The molecule has 0 saturated heterocycles. The van der Waals surface area contributed by atoms with Crippen LogP contribution < -0.4 is 10.7 Å². The first kappa shape index (κ1) is 22.1. The van der Waals surface area contributed by atoms with Gasteiger partial charge in [-0.3, -0.25) is 4.79 Å². The summed E-state index contributed by atoms with van der Waals surface area (Å²) in [7, 11) is -3.82. The largest absolute Gasteiger partial charge is 0.275 e. The summed E-state index contributed by atoms with van der Waals surface area (Å²) in [5.41, 5.74) is 1.79. The van der Waals surface area contributed by atoms with Gasteiger partial charge in [-0.15, -0.1) is 0 Å². The zero-order valence-corrected chi connectivity index (χ0v) is 18.0. The lowest BCUT2D eigenvalue weighted by Gasteiger charge is -2.14. The molecule has 0 saturated carbocycles. The number of benzene rings is 2. The number of nitrogens with zero attached hydrogens (tertiary/aromatic N) is 2. The Labute approximate surface area is 179 Å². The van der Waals surface area contributed by atoms with Gasteiger partial charge in [0.05, 0.1) is 21.8 Å². The summed E-state index contributed by atoms with van der Waals surface area (Å²) in [5.74, 6) is -0.219. The molecule has 0 unspecified atom stereocenters. The highest BCUT2D eigenvalue weighted by Gasteiger charge is 2.16. The first-order valence-electron chi connectivity index (χ1n) is 9.28. The number of halogens is 2. The highest BCUT2D eigenvalue weighted by molar-refractivity contribution is 7.89. The molecule has 0 spiro atoms. The second-order valence-electron chi connectivity index (χ2n) is 7.35. The molecule has 1 aromatic heterocycles. The van der Waals surface area contributed by atoms with Crippen molar-refractivity contribution in [3.8, 4) is 16.8 Å². The molecule has 0 atom stereocenters. The number of sulfonamides is 1. The number of nitrogens with two attached hydrogens (primary N) is 1. The number of aromatic nitrogens is 2. The van der Waals surface area contributed by atoms with Crippen LogP contribution in [-0.2, 0) is 16.4 Å². The highest BCUT2D eigenvalue weighted by Crippen LogP contribution is 2.25. The van der Waals surface area contributed by atoms with Gasteiger partial charge in [-0.05, 0) is 54.7 Å². The maximum atomic E-state index is 13.5. The zero-order chi connectivity index (χ0) is 22.1. The van der Waals surface area contributed by atoms with Gasteiger partial charge in [0, 0.05) is 11.1 Å². The summed E-state index contributed by atoms with van der Waals surface area (Å²) in [4.78, 5) is 13.2. The van der Waals surface area contributed by atoms with Gasteiger partial charge in [-0.25, -0.2) is 17.9 Å². The van der Waals surface area contributed by atoms with Crippen LogP contribution in [0.4, 0.5) is 4.39 Å². The van der Waals surface area contributed by atoms with Gasteiger partial charge >= 0.3 is 0 Å². The first-order valence-corrected chi connectivity index (χ1v) is 11.2. The van der Waals surface area contributed by atoms with E-state index in [0.29, 0.717) is 34.7 Å². The van der Waals surface area contributed by atoms with E-state index in [1.165, 1.54) is 35.0 Å². The van der Waals surface area contributed by atoms with Crippen molar-refractivity contribution in [1.82, 2.24) is 9.78 Å². The summed E-state index contributed by atoms with van der Waals surface area (Å²) in [6.45, 7) is 4.11. The Morgan fingerprint density at radius 2 is 1.83 bits per heavy atom. The molecule has 9 heteroatoms. The van der Waals surface area contributed by atoms with Crippen molar-refractivity contribution >= 4 is 21.6 Å². The molecule has 0 aliphatic carbocycles. The van der Waals surface area contributed by atoms with Crippen molar-refractivity contribution in [2.24, 2.45) is 11.1 Å². The fraction of sp³-hybridized carbons (Fsp3) is 0.238. The van der Waals surface area contributed by atoms with Crippen LogP contribution in [0.2, 0.25) is 5.02 Å². The average Bonchev–Trinajstić information content (AvgIpc) is 2.68. The fourth-order valence-electron chi connectivity index (χ4n) is 3.04. The molecule has 2 aromatic carbocycles. The average molecular weight is 450 g/mol. The molecule has 0 radical (unpaired) electrons. The van der Waals surface area contributed by atoms with Crippen molar-refractivity contribution in [2.75, 3.05) is 0 Å². The van der Waals surface area contributed by atoms with Crippen LogP contribution in [0.1, 0.15) is 25.8 Å². The lowest BCUT2D eigenvalue weighted by atomic mass is 9.96. The van der Waals surface area contributed by atoms with E-state index in [1.54, 1.807) is 18.3 Å². The van der Waals surface area contributed by atoms with Gasteiger partial charge in [-0.2, -0.15) is 9.78 Å². The summed E-state index contributed by atoms with van der Waals surface area (Å²) < 4.78 is 37.7. The monoisotopic (exact) mass is 449 g/mol. The minimum absolute atomic E-state index is 0.0164. The van der Waals surface area contributed by atoms with Crippen molar-refractivity contribution in [1.29, 1.82) is 0 Å². The van der Waals surface area contributed by atoms with Gasteiger partial charge < -0.3 is 0 Å². The summed E-state index contributed by atoms with van der Waals surface area (Å²) in [6, 6.07) is 9.92. The van der Waals surface area contributed by atoms with Gasteiger partial charge in [0.1, 0.15) is 5.82 Å². The van der Waals surface area contributed by atoms with Crippen LogP contribution in [0.15, 0.2) is 58.4 Å². The topological polar surface area (TPSA) is 95.1 Å². The molecule has 2 N–H and O–H groups in total. The van der Waals surface area contributed by atoms with Crippen LogP contribution in [0.5, 0.6) is 0 Å². The van der Waals surface area contributed by atoms with Crippen LogP contribution >= 0.6 is 11.6 Å². The molecule has 0 amide bonds. The Kier molecular flexibility index (Phi) is 6.40. The van der Waals surface area contributed by atoms with Gasteiger partial charge in [0.15, 0.2) is 0 Å².